The van der Waals surface area contributed by atoms with Crippen LogP contribution in [0.1, 0.15) is 25.1 Å². The number of piperidine rings is 1. The van der Waals surface area contributed by atoms with Gasteiger partial charge in [-0.15, -0.1) is 0 Å². The van der Waals surface area contributed by atoms with Gasteiger partial charge in [0.2, 0.25) is 0 Å². The summed E-state index contributed by atoms with van der Waals surface area (Å²) in [6.45, 7) is 4.13. The number of rotatable bonds is 4. The number of halogens is 1. The van der Waals surface area contributed by atoms with E-state index in [0.717, 1.165) is 31.6 Å². The van der Waals surface area contributed by atoms with Crippen LogP contribution in [0.3, 0.4) is 0 Å². The minimum atomic E-state index is -0.808. The molecule has 4 heterocycles. The predicted molar refractivity (Wildman–Crippen MR) is 99.6 cm³/mol. The van der Waals surface area contributed by atoms with Crippen LogP contribution in [0.5, 0.6) is 0 Å². The molecule has 3 aliphatic heterocycles. The summed E-state index contributed by atoms with van der Waals surface area (Å²) < 4.78 is 19.0. The molecule has 0 spiro atoms. The lowest BCUT2D eigenvalue weighted by molar-refractivity contribution is 0.0808. The number of anilines is 1. The third kappa shape index (κ3) is 3.91. The van der Waals surface area contributed by atoms with Gasteiger partial charge in [0.05, 0.1) is 6.61 Å². The number of hydrogen-bond acceptors (Lipinski definition) is 7. The van der Waals surface area contributed by atoms with E-state index in [1.54, 1.807) is 11.8 Å². The molecule has 7 nitrogen and oxygen atoms in total. The van der Waals surface area contributed by atoms with Gasteiger partial charge in [-0.05, 0) is 44.4 Å². The summed E-state index contributed by atoms with van der Waals surface area (Å²) in [5.74, 6) is 0.602. The molecule has 1 N–H and O–H groups in total. The first-order valence-corrected chi connectivity index (χ1v) is 9.55. The lowest BCUT2D eigenvalue weighted by atomic mass is 10.0. The first kappa shape index (κ1) is 18.2. The molecule has 2 atom stereocenters. The maximum atomic E-state index is 13.7. The minimum Gasteiger partial charge on any atom is -0.395 e. The van der Waals surface area contributed by atoms with Crippen LogP contribution in [-0.2, 0) is 0 Å². The van der Waals surface area contributed by atoms with Gasteiger partial charge < -0.3 is 14.5 Å². The summed E-state index contributed by atoms with van der Waals surface area (Å²) in [4.78, 5) is 10.6. The minimum absolute atomic E-state index is 0.0251. The van der Waals surface area contributed by atoms with Crippen molar-refractivity contribution in [2.75, 3.05) is 31.1 Å². The van der Waals surface area contributed by atoms with Crippen molar-refractivity contribution in [3.05, 3.63) is 42.1 Å². The summed E-state index contributed by atoms with van der Waals surface area (Å²) in [7, 11) is 0. The molecule has 0 aromatic carbocycles. The maximum absolute atomic E-state index is 13.7. The Kier molecular flexibility index (Phi) is 5.27. The first-order valence-electron chi connectivity index (χ1n) is 9.55. The van der Waals surface area contributed by atoms with Gasteiger partial charge in [-0.1, -0.05) is 5.16 Å². The van der Waals surface area contributed by atoms with Crippen molar-refractivity contribution in [1.29, 1.82) is 0 Å². The second-order valence-electron chi connectivity index (χ2n) is 7.36. The van der Waals surface area contributed by atoms with E-state index in [1.807, 2.05) is 24.6 Å². The molecular weight excluding hydrogens is 349 g/mol. The zero-order valence-corrected chi connectivity index (χ0v) is 15.5. The molecule has 8 heteroatoms. The Labute approximate surface area is 158 Å². The van der Waals surface area contributed by atoms with E-state index in [0.29, 0.717) is 30.8 Å². The van der Waals surface area contributed by atoms with E-state index in [4.69, 9.17) is 4.52 Å². The van der Waals surface area contributed by atoms with Gasteiger partial charge in [-0.2, -0.15) is 4.98 Å². The second kappa shape index (κ2) is 7.82. The zero-order chi connectivity index (χ0) is 18.8. The topological polar surface area (TPSA) is 68.9 Å². The highest BCUT2D eigenvalue weighted by atomic mass is 19.1. The van der Waals surface area contributed by atoms with Crippen LogP contribution in [0.15, 0.2) is 40.8 Å². The monoisotopic (exact) mass is 375 g/mol. The van der Waals surface area contributed by atoms with Crippen LogP contribution in [0.2, 0.25) is 0 Å². The Morgan fingerprint density at radius 3 is 2.81 bits per heavy atom. The van der Waals surface area contributed by atoms with Crippen molar-refractivity contribution in [2.24, 2.45) is 0 Å². The van der Waals surface area contributed by atoms with Gasteiger partial charge in [0.15, 0.2) is 5.82 Å². The average molecular weight is 375 g/mol. The molecule has 2 fully saturated rings. The van der Waals surface area contributed by atoms with Gasteiger partial charge in [-0.25, -0.2) is 4.39 Å². The summed E-state index contributed by atoms with van der Waals surface area (Å²) in [5, 5.41) is 13.3. The molecule has 1 aromatic heterocycles. The van der Waals surface area contributed by atoms with E-state index in [-0.39, 0.29) is 12.6 Å². The van der Waals surface area contributed by atoms with E-state index >= 15 is 0 Å². The smallest absolute Gasteiger partial charge is 0.332 e. The van der Waals surface area contributed by atoms with Crippen LogP contribution in [-0.4, -0.2) is 69.5 Å². The normalized spacial score (nSPS) is 27.3. The van der Waals surface area contributed by atoms with Crippen LogP contribution in [0.4, 0.5) is 10.4 Å². The molecule has 27 heavy (non-hydrogen) atoms. The quantitative estimate of drug-likeness (QED) is 0.863. The number of likely N-dealkylation sites (tertiary alicyclic amines) is 2. The average Bonchev–Trinajstić information content (AvgIpc) is 3.19. The van der Waals surface area contributed by atoms with Crippen molar-refractivity contribution in [3.8, 4) is 0 Å². The highest BCUT2D eigenvalue weighted by Gasteiger charge is 2.37. The Hall–Kier alpha value is -2.19. The number of aliphatic hydroxyl groups excluding tert-OH is 1. The molecular formula is C19H26FN5O2. The summed E-state index contributed by atoms with van der Waals surface area (Å²) in [6.07, 6.45) is 11.5. The van der Waals surface area contributed by atoms with Crippen LogP contribution in [0.25, 0.3) is 0 Å². The largest absolute Gasteiger partial charge is 0.395 e. The highest BCUT2D eigenvalue weighted by Crippen LogP contribution is 2.29. The molecule has 4 rings (SSSR count). The summed E-state index contributed by atoms with van der Waals surface area (Å²) >= 11 is 0. The number of aryl methyl sites for hydroxylation is 1. The number of aromatic nitrogens is 2. The molecule has 146 valence electrons. The molecule has 0 radical (unpaired) electrons. The van der Waals surface area contributed by atoms with Crippen LogP contribution >= 0.6 is 0 Å². The van der Waals surface area contributed by atoms with Gasteiger partial charge in [-0.3, -0.25) is 9.80 Å². The maximum Gasteiger partial charge on any atom is 0.332 e. The van der Waals surface area contributed by atoms with Gasteiger partial charge >= 0.3 is 6.01 Å². The van der Waals surface area contributed by atoms with E-state index in [1.165, 1.54) is 0 Å². The summed E-state index contributed by atoms with van der Waals surface area (Å²) in [5.41, 5.74) is 1.13. The Morgan fingerprint density at radius 1 is 1.30 bits per heavy atom. The molecule has 2 saturated heterocycles. The highest BCUT2D eigenvalue weighted by molar-refractivity contribution is 5.42. The molecule has 1 aromatic rings. The number of allylic oxidation sites excluding steroid dienone is 3. The fraction of sp³-hybridized carbons (Fsp3) is 0.579. The Morgan fingerprint density at radius 2 is 2.11 bits per heavy atom. The van der Waals surface area contributed by atoms with Crippen LogP contribution in [0, 0.1) is 6.92 Å². The van der Waals surface area contributed by atoms with Crippen molar-refractivity contribution >= 4 is 6.01 Å². The molecule has 0 bridgehead atoms. The van der Waals surface area contributed by atoms with Crippen molar-refractivity contribution in [2.45, 2.75) is 44.4 Å². The number of aliphatic hydroxyl groups is 1. The molecule has 3 aliphatic rings. The standard InChI is InChI=1S/C19H26FN5O2/c1-14-21-19(27-22-14)24-7-2-3-16(4-10-24)23-8-5-17(6-9-23)25-12-15(20)11-18(25)13-26/h2-4,7,10,15,17-18,26H,5-6,8-9,11-13H2,1H3/t15-,18-/m1/s1. The fourth-order valence-electron chi connectivity index (χ4n) is 4.19. The third-order valence-corrected chi connectivity index (χ3v) is 5.57. The van der Waals surface area contributed by atoms with E-state index in [2.05, 4.69) is 26.0 Å². The molecule has 0 saturated carbocycles. The zero-order valence-electron chi connectivity index (χ0n) is 15.5. The fourth-order valence-corrected chi connectivity index (χ4v) is 4.19. The molecule has 0 amide bonds. The number of hydrogen-bond donors (Lipinski definition) is 1. The lowest BCUT2D eigenvalue weighted by Gasteiger charge is -2.40. The Balaban J connectivity index is 1.36. The summed E-state index contributed by atoms with van der Waals surface area (Å²) in [6, 6.07) is 0.768. The van der Waals surface area contributed by atoms with E-state index in [9.17, 15) is 9.50 Å². The predicted octanol–water partition coefficient (Wildman–Crippen LogP) is 1.98. The third-order valence-electron chi connectivity index (χ3n) is 5.57. The van der Waals surface area contributed by atoms with Crippen LogP contribution < -0.4 is 4.90 Å². The second-order valence-corrected chi connectivity index (χ2v) is 7.36. The molecule has 0 aliphatic carbocycles. The van der Waals surface area contributed by atoms with Crippen molar-refractivity contribution in [3.63, 3.8) is 0 Å². The van der Waals surface area contributed by atoms with Gasteiger partial charge in [0.1, 0.15) is 6.17 Å². The van der Waals surface area contributed by atoms with Gasteiger partial charge in [0.25, 0.3) is 0 Å². The SMILES string of the molecule is Cc1noc(N2C=CC=C(N3CCC(N4C[C@H](F)C[C@@H]4CO)CC3)C=C2)n1. The van der Waals surface area contributed by atoms with E-state index < -0.39 is 6.17 Å². The van der Waals surface area contributed by atoms with Crippen molar-refractivity contribution in [1.82, 2.24) is 19.9 Å². The Bertz CT molecular complexity index is 738. The lowest BCUT2D eigenvalue weighted by Crippen LogP contribution is -2.47. The van der Waals surface area contributed by atoms with Crippen molar-refractivity contribution < 1.29 is 14.0 Å². The van der Waals surface area contributed by atoms with Gasteiger partial charge in [0, 0.05) is 49.8 Å². The first-order chi connectivity index (χ1) is 13.1. The molecule has 0 unspecified atom stereocenters. The number of nitrogens with zero attached hydrogens (tertiary/aromatic N) is 5. The number of alkyl halides is 1.